The summed E-state index contributed by atoms with van der Waals surface area (Å²) in [6.45, 7) is -0.0240. The number of alkyl halides is 3. The Kier molecular flexibility index (Phi) is 6.76. The first-order chi connectivity index (χ1) is 17.5. The zero-order valence-electron chi connectivity index (χ0n) is 18.7. The summed E-state index contributed by atoms with van der Waals surface area (Å²) in [5.74, 6) is -0.626. The van der Waals surface area contributed by atoms with Gasteiger partial charge in [0.15, 0.2) is 0 Å². The average Bonchev–Trinajstić information content (AvgIpc) is 3.15. The lowest BCUT2D eigenvalue weighted by Crippen LogP contribution is -2.29. The van der Waals surface area contributed by atoms with Gasteiger partial charge in [0.2, 0.25) is 5.88 Å². The number of halogens is 3. The Hall–Kier alpha value is -4.59. The van der Waals surface area contributed by atoms with Gasteiger partial charge >= 0.3 is 11.2 Å². The number of hydrazine groups is 1. The smallest absolute Gasteiger partial charge is 0.493 e. The summed E-state index contributed by atoms with van der Waals surface area (Å²) in [6, 6.07) is 15.0. The molecule has 0 atom stereocenters. The molecule has 192 valence electrons. The van der Waals surface area contributed by atoms with Crippen LogP contribution >= 0.6 is 0 Å². The molecule has 0 fully saturated rings. The van der Waals surface area contributed by atoms with Crippen LogP contribution < -0.4 is 16.5 Å². The number of aromatic nitrogens is 3. The van der Waals surface area contributed by atoms with Crippen LogP contribution in [0.3, 0.4) is 0 Å². The zero-order chi connectivity index (χ0) is 26.8. The molecular weight excluding hydrogens is 515 g/mol. The number of anilines is 1. The zero-order valence-corrected chi connectivity index (χ0v) is 19.5. The highest BCUT2D eigenvalue weighted by Gasteiger charge is 2.46. The Morgan fingerprint density at radius 2 is 1.70 bits per heavy atom. The van der Waals surface area contributed by atoms with Crippen LogP contribution in [0, 0.1) is 0 Å². The van der Waals surface area contributed by atoms with Crippen molar-refractivity contribution in [3.63, 3.8) is 0 Å². The van der Waals surface area contributed by atoms with Gasteiger partial charge in [0.05, 0.1) is 23.3 Å². The highest BCUT2D eigenvalue weighted by Crippen LogP contribution is 2.30. The molecule has 4 aromatic rings. The molecule has 37 heavy (non-hydrogen) atoms. The van der Waals surface area contributed by atoms with E-state index in [0.29, 0.717) is 23.3 Å². The van der Waals surface area contributed by atoms with E-state index < -0.39 is 31.8 Å². The first-order valence-corrected chi connectivity index (χ1v) is 11.9. The third-order valence-corrected chi connectivity index (χ3v) is 6.67. The molecule has 14 heteroatoms. The third-order valence-electron chi connectivity index (χ3n) is 5.16. The van der Waals surface area contributed by atoms with Gasteiger partial charge < -0.3 is 5.11 Å². The molecule has 0 aliphatic carbocycles. The molecule has 0 aliphatic heterocycles. The van der Waals surface area contributed by atoms with Crippen LogP contribution in [-0.2, 0) is 16.4 Å². The number of sulfone groups is 1. The molecular formula is C23H18F3N5O5S. The van der Waals surface area contributed by atoms with Gasteiger partial charge in [-0.3, -0.25) is 20.2 Å². The van der Waals surface area contributed by atoms with Crippen LogP contribution in [0.4, 0.5) is 19.0 Å². The molecule has 0 aliphatic rings. The van der Waals surface area contributed by atoms with Gasteiger partial charge in [0.25, 0.3) is 15.7 Å². The summed E-state index contributed by atoms with van der Waals surface area (Å²) in [7, 11) is -5.55. The second kappa shape index (κ2) is 9.81. The molecule has 2 heterocycles. The van der Waals surface area contributed by atoms with Gasteiger partial charge in [-0.05, 0) is 54.1 Å². The Bertz CT molecular complexity index is 1600. The van der Waals surface area contributed by atoms with Gasteiger partial charge in [-0.2, -0.15) is 13.2 Å². The van der Waals surface area contributed by atoms with E-state index in [1.165, 1.54) is 6.20 Å². The molecule has 2 aromatic carbocycles. The van der Waals surface area contributed by atoms with Crippen molar-refractivity contribution in [2.75, 3.05) is 5.43 Å². The molecule has 0 saturated carbocycles. The normalized spacial score (nSPS) is 11.8. The van der Waals surface area contributed by atoms with Crippen LogP contribution in [0.5, 0.6) is 5.88 Å². The maximum absolute atomic E-state index is 12.9. The second-order valence-corrected chi connectivity index (χ2v) is 9.61. The van der Waals surface area contributed by atoms with E-state index in [9.17, 15) is 36.3 Å². The number of hydrogen-bond acceptors (Lipinski definition) is 7. The fourth-order valence-corrected chi connectivity index (χ4v) is 4.12. The lowest BCUT2D eigenvalue weighted by molar-refractivity contribution is -0.0436. The summed E-state index contributed by atoms with van der Waals surface area (Å²) in [4.78, 5) is 28.1. The summed E-state index contributed by atoms with van der Waals surface area (Å²) in [6.07, 6.45) is 2.56. The minimum Gasteiger partial charge on any atom is -0.493 e. The number of carbonyl (C=O) groups excluding carboxylic acids is 1. The number of benzene rings is 2. The fraction of sp³-hybridized carbons (Fsp3) is 0.0870. The van der Waals surface area contributed by atoms with Crippen molar-refractivity contribution >= 4 is 21.6 Å². The highest BCUT2D eigenvalue weighted by atomic mass is 32.2. The van der Waals surface area contributed by atoms with Crippen molar-refractivity contribution in [2.24, 2.45) is 0 Å². The molecule has 1 amide bonds. The first kappa shape index (κ1) is 25.5. The molecule has 0 bridgehead atoms. The van der Waals surface area contributed by atoms with E-state index in [1.807, 2.05) is 0 Å². The molecule has 3 N–H and O–H groups in total. The number of rotatable bonds is 7. The first-order valence-electron chi connectivity index (χ1n) is 10.5. The number of pyridine rings is 1. The van der Waals surface area contributed by atoms with Crippen molar-refractivity contribution in [3.05, 3.63) is 101 Å². The molecule has 4 rings (SSSR count). The second-order valence-electron chi connectivity index (χ2n) is 7.67. The minimum atomic E-state index is -5.55. The molecule has 0 unspecified atom stereocenters. The third kappa shape index (κ3) is 5.33. The van der Waals surface area contributed by atoms with Crippen molar-refractivity contribution in [1.29, 1.82) is 0 Å². The number of hydrogen-bond donors (Lipinski definition) is 3. The predicted molar refractivity (Wildman–Crippen MR) is 126 cm³/mol. The number of aromatic hydroxyl groups is 1. The van der Waals surface area contributed by atoms with Gasteiger partial charge in [-0.1, -0.05) is 18.2 Å². The Balaban J connectivity index is 1.51. The van der Waals surface area contributed by atoms with Gasteiger partial charge in [0, 0.05) is 11.8 Å². The largest absolute Gasteiger partial charge is 0.501 e. The van der Waals surface area contributed by atoms with E-state index in [-0.39, 0.29) is 24.0 Å². The van der Waals surface area contributed by atoms with E-state index in [0.717, 1.165) is 27.5 Å². The van der Waals surface area contributed by atoms with Crippen LogP contribution in [0.1, 0.15) is 15.9 Å². The Labute approximate surface area is 207 Å². The van der Waals surface area contributed by atoms with Gasteiger partial charge in [-0.15, -0.1) is 0 Å². The Morgan fingerprint density at radius 3 is 2.35 bits per heavy atom. The van der Waals surface area contributed by atoms with E-state index >= 15 is 0 Å². The quantitative estimate of drug-likeness (QED) is 0.311. The molecule has 0 saturated heterocycles. The predicted octanol–water partition coefficient (Wildman–Crippen LogP) is 2.84. The van der Waals surface area contributed by atoms with Gasteiger partial charge in [0.1, 0.15) is 5.82 Å². The number of nitrogens with one attached hydrogen (secondary N) is 2. The van der Waals surface area contributed by atoms with E-state index in [1.54, 1.807) is 42.5 Å². The van der Waals surface area contributed by atoms with Crippen molar-refractivity contribution in [3.8, 4) is 11.6 Å². The van der Waals surface area contributed by atoms with Crippen LogP contribution in [-0.4, -0.2) is 39.1 Å². The molecule has 10 nitrogen and oxygen atoms in total. The summed E-state index contributed by atoms with van der Waals surface area (Å²) >= 11 is 0. The number of nitrogens with zero attached hydrogens (tertiary/aromatic N) is 3. The summed E-state index contributed by atoms with van der Waals surface area (Å²) in [5, 5.41) is 10.3. The maximum Gasteiger partial charge on any atom is 0.501 e. The number of carbonyl (C=O) groups is 1. The topological polar surface area (TPSA) is 135 Å². The SMILES string of the molecule is O=C(NNc1cc(Cn2cc(O)n(-c3ccc(S(=O)(=O)C(F)(F)F)cc3)c2=O)ccn1)c1ccccc1. The highest BCUT2D eigenvalue weighted by molar-refractivity contribution is 7.92. The average molecular weight is 533 g/mol. The van der Waals surface area contributed by atoms with Crippen LogP contribution in [0.25, 0.3) is 5.69 Å². The molecule has 2 aromatic heterocycles. The summed E-state index contributed by atoms with van der Waals surface area (Å²) < 4.78 is 63.3. The minimum absolute atomic E-state index is 0.0240. The Morgan fingerprint density at radius 1 is 1.03 bits per heavy atom. The van der Waals surface area contributed by atoms with E-state index in [2.05, 4.69) is 15.8 Å². The van der Waals surface area contributed by atoms with Crippen LogP contribution in [0.2, 0.25) is 0 Å². The van der Waals surface area contributed by atoms with E-state index in [4.69, 9.17) is 0 Å². The standard InChI is InChI=1S/C23H18F3N5O5S/c24-23(25,26)37(35,36)18-8-6-17(7-9-18)31-20(32)14-30(22(31)34)13-15-10-11-27-19(12-15)28-29-21(33)16-4-2-1-3-5-16/h1-12,14,32H,13H2,(H,27,28)(H,29,33). The number of amides is 1. The maximum atomic E-state index is 12.9. The van der Waals surface area contributed by atoms with Crippen LogP contribution in [0.15, 0.2) is 88.8 Å². The van der Waals surface area contributed by atoms with Crippen molar-refractivity contribution in [1.82, 2.24) is 19.5 Å². The molecule has 0 spiro atoms. The van der Waals surface area contributed by atoms with Crippen molar-refractivity contribution < 1.29 is 31.5 Å². The monoisotopic (exact) mass is 533 g/mol. The summed E-state index contributed by atoms with van der Waals surface area (Å²) in [5.41, 5.74) is -0.0726. The molecule has 0 radical (unpaired) electrons. The van der Waals surface area contributed by atoms with Crippen molar-refractivity contribution in [2.45, 2.75) is 16.9 Å². The lowest BCUT2D eigenvalue weighted by Gasteiger charge is -2.09. The number of imidazole rings is 1. The fourth-order valence-electron chi connectivity index (χ4n) is 3.36. The lowest BCUT2D eigenvalue weighted by atomic mass is 10.2. The van der Waals surface area contributed by atoms with Gasteiger partial charge in [-0.25, -0.2) is 22.8 Å².